The van der Waals surface area contributed by atoms with Crippen molar-refractivity contribution in [1.82, 2.24) is 5.32 Å². The normalized spacial score (nSPS) is 14.6. The molecule has 1 N–H and O–H groups in total. The van der Waals surface area contributed by atoms with Crippen molar-refractivity contribution >= 4 is 0 Å². The van der Waals surface area contributed by atoms with Crippen LogP contribution in [0, 0.1) is 5.92 Å². The van der Waals surface area contributed by atoms with E-state index in [2.05, 4.69) is 57.3 Å². The van der Waals surface area contributed by atoms with Gasteiger partial charge in [0, 0.05) is 6.04 Å². The SMILES string of the molecule is CCCc1ccc(C(NCC)C(C)CC)cc1. The van der Waals surface area contributed by atoms with E-state index >= 15 is 0 Å². The van der Waals surface area contributed by atoms with E-state index in [1.807, 2.05) is 0 Å². The van der Waals surface area contributed by atoms with Crippen molar-refractivity contribution in [2.24, 2.45) is 5.92 Å². The zero-order valence-corrected chi connectivity index (χ0v) is 11.8. The summed E-state index contributed by atoms with van der Waals surface area (Å²) in [7, 11) is 0. The highest BCUT2D eigenvalue weighted by Gasteiger charge is 2.16. The topological polar surface area (TPSA) is 12.0 Å². The van der Waals surface area contributed by atoms with Crippen LogP contribution in [0.2, 0.25) is 0 Å². The van der Waals surface area contributed by atoms with Gasteiger partial charge in [-0.3, -0.25) is 0 Å². The van der Waals surface area contributed by atoms with Crippen LogP contribution in [-0.4, -0.2) is 6.54 Å². The third kappa shape index (κ3) is 4.16. The van der Waals surface area contributed by atoms with E-state index in [-0.39, 0.29) is 0 Å². The summed E-state index contributed by atoms with van der Waals surface area (Å²) < 4.78 is 0. The molecule has 0 spiro atoms. The van der Waals surface area contributed by atoms with Gasteiger partial charge in [-0.2, -0.15) is 0 Å². The molecule has 0 aliphatic rings. The van der Waals surface area contributed by atoms with Crippen LogP contribution in [-0.2, 0) is 6.42 Å². The van der Waals surface area contributed by atoms with Crippen molar-refractivity contribution in [3.05, 3.63) is 35.4 Å². The molecule has 96 valence electrons. The first-order chi connectivity index (χ1) is 8.22. The second-order valence-electron chi connectivity index (χ2n) is 4.91. The number of rotatable bonds is 7. The lowest BCUT2D eigenvalue weighted by atomic mass is 9.91. The Morgan fingerprint density at radius 2 is 1.71 bits per heavy atom. The third-order valence-corrected chi connectivity index (χ3v) is 3.51. The Bertz CT molecular complexity index is 302. The summed E-state index contributed by atoms with van der Waals surface area (Å²) in [5, 5.41) is 3.60. The molecule has 0 saturated carbocycles. The molecule has 2 unspecified atom stereocenters. The lowest BCUT2D eigenvalue weighted by Crippen LogP contribution is -2.26. The van der Waals surface area contributed by atoms with Crippen LogP contribution in [0.4, 0.5) is 0 Å². The summed E-state index contributed by atoms with van der Waals surface area (Å²) in [6.45, 7) is 10.0. The van der Waals surface area contributed by atoms with Gasteiger partial charge >= 0.3 is 0 Å². The Morgan fingerprint density at radius 3 is 2.18 bits per heavy atom. The van der Waals surface area contributed by atoms with E-state index in [1.165, 1.54) is 30.4 Å². The Kier molecular flexibility index (Phi) is 6.28. The molecule has 0 bridgehead atoms. The smallest absolute Gasteiger partial charge is 0.0345 e. The molecule has 0 heterocycles. The monoisotopic (exact) mass is 233 g/mol. The van der Waals surface area contributed by atoms with Crippen LogP contribution in [0.3, 0.4) is 0 Å². The molecule has 1 rings (SSSR count). The van der Waals surface area contributed by atoms with Crippen molar-refractivity contribution in [3.63, 3.8) is 0 Å². The standard InChI is InChI=1S/C16H27N/c1-5-8-14-9-11-15(12-10-14)16(17-7-3)13(4)6-2/h9-13,16-17H,5-8H2,1-4H3. The molecule has 0 aliphatic carbocycles. The van der Waals surface area contributed by atoms with Gasteiger partial charge < -0.3 is 5.32 Å². The maximum absolute atomic E-state index is 3.60. The first-order valence-electron chi connectivity index (χ1n) is 7.05. The molecular formula is C16H27N. The number of aryl methyl sites for hydroxylation is 1. The van der Waals surface area contributed by atoms with Crippen molar-refractivity contribution in [2.45, 2.75) is 53.0 Å². The van der Waals surface area contributed by atoms with Gasteiger partial charge in [-0.15, -0.1) is 0 Å². The van der Waals surface area contributed by atoms with E-state index in [0.717, 1.165) is 6.54 Å². The Balaban J connectivity index is 2.79. The summed E-state index contributed by atoms with van der Waals surface area (Å²) >= 11 is 0. The molecule has 2 atom stereocenters. The molecule has 0 amide bonds. The van der Waals surface area contributed by atoms with E-state index in [0.29, 0.717) is 12.0 Å². The average Bonchev–Trinajstić information content (AvgIpc) is 2.37. The molecule has 1 aromatic rings. The first kappa shape index (κ1) is 14.2. The van der Waals surface area contributed by atoms with Crippen molar-refractivity contribution < 1.29 is 0 Å². The summed E-state index contributed by atoms with van der Waals surface area (Å²) in [5.74, 6) is 0.687. The fraction of sp³-hybridized carbons (Fsp3) is 0.625. The number of nitrogens with one attached hydrogen (secondary N) is 1. The summed E-state index contributed by atoms with van der Waals surface area (Å²) in [6.07, 6.45) is 3.63. The van der Waals surface area contributed by atoms with E-state index in [1.54, 1.807) is 0 Å². The zero-order valence-electron chi connectivity index (χ0n) is 11.8. The van der Waals surface area contributed by atoms with Crippen LogP contribution in [0.25, 0.3) is 0 Å². The van der Waals surface area contributed by atoms with Crippen LogP contribution in [0.1, 0.15) is 57.7 Å². The van der Waals surface area contributed by atoms with Crippen LogP contribution in [0.5, 0.6) is 0 Å². The second kappa shape index (κ2) is 7.50. The highest BCUT2D eigenvalue weighted by molar-refractivity contribution is 5.25. The first-order valence-corrected chi connectivity index (χ1v) is 7.05. The average molecular weight is 233 g/mol. The molecular weight excluding hydrogens is 206 g/mol. The highest BCUT2D eigenvalue weighted by atomic mass is 14.9. The molecule has 0 radical (unpaired) electrons. The Labute approximate surface area is 107 Å². The van der Waals surface area contributed by atoms with E-state index < -0.39 is 0 Å². The quantitative estimate of drug-likeness (QED) is 0.739. The lowest BCUT2D eigenvalue weighted by molar-refractivity contribution is 0.384. The molecule has 0 saturated heterocycles. The maximum atomic E-state index is 3.60. The molecule has 0 fully saturated rings. The molecule has 1 heteroatoms. The molecule has 1 aromatic carbocycles. The molecule has 1 nitrogen and oxygen atoms in total. The van der Waals surface area contributed by atoms with E-state index in [9.17, 15) is 0 Å². The number of hydrogen-bond acceptors (Lipinski definition) is 1. The zero-order chi connectivity index (χ0) is 12.7. The minimum absolute atomic E-state index is 0.501. The van der Waals surface area contributed by atoms with Gasteiger partial charge in [-0.05, 0) is 30.0 Å². The third-order valence-electron chi connectivity index (χ3n) is 3.51. The fourth-order valence-electron chi connectivity index (χ4n) is 2.28. The Morgan fingerprint density at radius 1 is 1.06 bits per heavy atom. The van der Waals surface area contributed by atoms with Crippen LogP contribution >= 0.6 is 0 Å². The van der Waals surface area contributed by atoms with Gasteiger partial charge in [0.25, 0.3) is 0 Å². The van der Waals surface area contributed by atoms with E-state index in [4.69, 9.17) is 0 Å². The number of hydrogen-bond donors (Lipinski definition) is 1. The van der Waals surface area contributed by atoms with Crippen molar-refractivity contribution in [3.8, 4) is 0 Å². The maximum Gasteiger partial charge on any atom is 0.0345 e. The van der Waals surface area contributed by atoms with Crippen LogP contribution < -0.4 is 5.32 Å². The van der Waals surface area contributed by atoms with Crippen LogP contribution in [0.15, 0.2) is 24.3 Å². The highest BCUT2D eigenvalue weighted by Crippen LogP contribution is 2.24. The summed E-state index contributed by atoms with van der Waals surface area (Å²) in [5.41, 5.74) is 2.89. The second-order valence-corrected chi connectivity index (χ2v) is 4.91. The Hall–Kier alpha value is -0.820. The van der Waals surface area contributed by atoms with Crippen molar-refractivity contribution in [1.29, 1.82) is 0 Å². The van der Waals surface area contributed by atoms with Crippen molar-refractivity contribution in [2.75, 3.05) is 6.54 Å². The van der Waals surface area contributed by atoms with Gasteiger partial charge in [-0.1, -0.05) is 64.8 Å². The predicted octanol–water partition coefficient (Wildman–Crippen LogP) is 4.34. The molecule has 0 aliphatic heterocycles. The lowest BCUT2D eigenvalue weighted by Gasteiger charge is -2.24. The van der Waals surface area contributed by atoms with Gasteiger partial charge in [0.15, 0.2) is 0 Å². The van der Waals surface area contributed by atoms with Gasteiger partial charge in [0.2, 0.25) is 0 Å². The van der Waals surface area contributed by atoms with Gasteiger partial charge in [0.05, 0.1) is 0 Å². The summed E-state index contributed by atoms with van der Waals surface area (Å²) in [6, 6.07) is 9.66. The minimum Gasteiger partial charge on any atom is -0.310 e. The summed E-state index contributed by atoms with van der Waals surface area (Å²) in [4.78, 5) is 0. The fourth-order valence-corrected chi connectivity index (χ4v) is 2.28. The minimum atomic E-state index is 0.501. The van der Waals surface area contributed by atoms with Gasteiger partial charge in [-0.25, -0.2) is 0 Å². The largest absolute Gasteiger partial charge is 0.310 e. The predicted molar refractivity (Wildman–Crippen MR) is 76.3 cm³/mol. The van der Waals surface area contributed by atoms with Gasteiger partial charge in [0.1, 0.15) is 0 Å². The molecule has 17 heavy (non-hydrogen) atoms. The number of benzene rings is 1. The molecule has 0 aromatic heterocycles.